The van der Waals surface area contributed by atoms with Gasteiger partial charge in [-0.1, -0.05) is 17.7 Å². The van der Waals surface area contributed by atoms with Crippen LogP contribution in [0.25, 0.3) is 0 Å². The Balaban J connectivity index is 1.60. The van der Waals surface area contributed by atoms with Crippen LogP contribution in [0.4, 0.5) is 5.69 Å². The Bertz CT molecular complexity index is 840. The van der Waals surface area contributed by atoms with E-state index in [1.807, 2.05) is 34.5 Å². The smallest absolute Gasteiger partial charge is 0.217 e. The van der Waals surface area contributed by atoms with Crippen LogP contribution >= 0.6 is 23.8 Å². The van der Waals surface area contributed by atoms with Crippen molar-refractivity contribution in [2.45, 2.75) is 19.5 Å². The van der Waals surface area contributed by atoms with Crippen molar-refractivity contribution < 1.29 is 9.69 Å². The Morgan fingerprint density at radius 1 is 1.38 bits per heavy atom. The van der Waals surface area contributed by atoms with Crippen LogP contribution in [0.1, 0.15) is 12.2 Å². The molecule has 0 atom stereocenters. The molecule has 1 saturated heterocycles. The summed E-state index contributed by atoms with van der Waals surface area (Å²) in [6, 6.07) is 7.98. The molecule has 1 aliphatic rings. The number of nitrogens with zero attached hydrogens (tertiary/aromatic N) is 4. The van der Waals surface area contributed by atoms with Crippen LogP contribution in [-0.2, 0) is 24.9 Å². The van der Waals surface area contributed by atoms with E-state index in [0.29, 0.717) is 11.2 Å². The summed E-state index contributed by atoms with van der Waals surface area (Å²) in [6.07, 6.45) is 0.797. The first kappa shape index (κ1) is 18.9. The van der Waals surface area contributed by atoms with Gasteiger partial charge < -0.3 is 20.1 Å². The van der Waals surface area contributed by atoms with Gasteiger partial charge in [-0.25, -0.2) is 0 Å². The van der Waals surface area contributed by atoms with Gasteiger partial charge in [-0.15, -0.1) is 0 Å². The first-order valence-electron chi connectivity index (χ1n) is 8.69. The lowest BCUT2D eigenvalue weighted by atomic mass is 10.2. The van der Waals surface area contributed by atoms with Crippen molar-refractivity contribution in [1.82, 2.24) is 14.3 Å². The first-order chi connectivity index (χ1) is 12.4. The highest BCUT2D eigenvalue weighted by molar-refractivity contribution is 7.71. The molecule has 9 heteroatoms. The van der Waals surface area contributed by atoms with Gasteiger partial charge >= 0.3 is 0 Å². The van der Waals surface area contributed by atoms with Crippen molar-refractivity contribution in [2.75, 3.05) is 31.1 Å². The van der Waals surface area contributed by atoms with E-state index < -0.39 is 0 Å². The highest BCUT2D eigenvalue weighted by atomic mass is 35.5. The number of nitrogens with two attached hydrogens (primary N) is 1. The number of halogens is 1. The molecule has 7 nitrogen and oxygen atoms in total. The number of quaternary nitrogens is 1. The Kier molecular flexibility index (Phi) is 5.95. The number of anilines is 1. The summed E-state index contributed by atoms with van der Waals surface area (Å²) in [4.78, 5) is 14.8. The van der Waals surface area contributed by atoms with Crippen LogP contribution in [0.5, 0.6) is 0 Å². The van der Waals surface area contributed by atoms with Crippen LogP contribution in [0.3, 0.4) is 0 Å². The highest BCUT2D eigenvalue weighted by Crippen LogP contribution is 2.19. The molecule has 2 heterocycles. The fourth-order valence-electron chi connectivity index (χ4n) is 3.21. The third-order valence-electron chi connectivity index (χ3n) is 4.74. The topological polar surface area (TPSA) is 73.5 Å². The number of carbonyl (C=O) groups excluding carboxylic acids is 1. The molecule has 26 heavy (non-hydrogen) atoms. The molecule has 3 N–H and O–H groups in total. The Morgan fingerprint density at radius 2 is 2.12 bits per heavy atom. The van der Waals surface area contributed by atoms with E-state index in [4.69, 9.17) is 29.6 Å². The predicted molar refractivity (Wildman–Crippen MR) is 104 cm³/mol. The fraction of sp³-hybridized carbons (Fsp3) is 0.471. The van der Waals surface area contributed by atoms with E-state index in [2.05, 4.69) is 16.1 Å². The number of amides is 1. The average Bonchev–Trinajstić information content (AvgIpc) is 2.88. The molecule has 1 fully saturated rings. The van der Waals surface area contributed by atoms with Gasteiger partial charge in [0, 0.05) is 30.6 Å². The van der Waals surface area contributed by atoms with Gasteiger partial charge in [0.05, 0.1) is 26.2 Å². The summed E-state index contributed by atoms with van der Waals surface area (Å²) in [5, 5.41) is 5.34. The van der Waals surface area contributed by atoms with Crippen LogP contribution in [0.2, 0.25) is 5.02 Å². The van der Waals surface area contributed by atoms with Crippen LogP contribution in [0, 0.1) is 4.77 Å². The molecule has 0 bridgehead atoms. The number of primary amides is 1. The Hall–Kier alpha value is -1.90. The normalized spacial score (nSPS) is 15.4. The zero-order valence-electron chi connectivity index (χ0n) is 14.8. The lowest BCUT2D eigenvalue weighted by molar-refractivity contribution is -0.924. The molecule has 1 aliphatic heterocycles. The van der Waals surface area contributed by atoms with Crippen molar-refractivity contribution in [1.29, 1.82) is 0 Å². The zero-order valence-corrected chi connectivity index (χ0v) is 16.4. The van der Waals surface area contributed by atoms with Crippen molar-refractivity contribution in [3.8, 4) is 0 Å². The molecule has 1 aromatic carbocycles. The maximum Gasteiger partial charge on any atom is 0.217 e. The minimum atomic E-state index is -0.326. The monoisotopic (exact) mass is 395 g/mol. The van der Waals surface area contributed by atoms with Crippen LogP contribution in [0.15, 0.2) is 24.3 Å². The number of rotatable bonds is 6. The fourth-order valence-corrected chi connectivity index (χ4v) is 3.61. The second kappa shape index (κ2) is 8.20. The molecule has 1 amide bonds. The van der Waals surface area contributed by atoms with E-state index >= 15 is 0 Å². The quantitative estimate of drug-likeness (QED) is 0.694. The number of aryl methyl sites for hydroxylation is 1. The summed E-state index contributed by atoms with van der Waals surface area (Å²) in [6.45, 7) is 4.66. The van der Waals surface area contributed by atoms with Crippen LogP contribution in [-0.4, -0.2) is 46.4 Å². The molecule has 0 saturated carbocycles. The number of benzene rings is 1. The van der Waals surface area contributed by atoms with Crippen molar-refractivity contribution >= 4 is 35.4 Å². The van der Waals surface area contributed by atoms with Crippen molar-refractivity contribution in [3.63, 3.8) is 0 Å². The number of hydrogen-bond acceptors (Lipinski definition) is 4. The first-order valence-corrected chi connectivity index (χ1v) is 9.48. The summed E-state index contributed by atoms with van der Waals surface area (Å²) in [5.74, 6) is 0.471. The second-order valence-electron chi connectivity index (χ2n) is 6.60. The van der Waals surface area contributed by atoms with E-state index in [-0.39, 0.29) is 12.3 Å². The van der Waals surface area contributed by atoms with Crippen molar-refractivity contribution in [3.05, 3.63) is 39.9 Å². The maximum atomic E-state index is 11.0. The largest absolute Gasteiger partial charge is 0.370 e. The average molecular weight is 396 g/mol. The van der Waals surface area contributed by atoms with E-state index in [1.165, 1.54) is 10.6 Å². The molecule has 0 spiro atoms. The Morgan fingerprint density at radius 3 is 2.77 bits per heavy atom. The molecular formula is C17H24ClN6OS+. The number of aromatic nitrogens is 3. The number of hydrogen-bond donors (Lipinski definition) is 2. The summed E-state index contributed by atoms with van der Waals surface area (Å²) < 4.78 is 4.39. The van der Waals surface area contributed by atoms with Gasteiger partial charge in [0.15, 0.2) is 6.67 Å². The van der Waals surface area contributed by atoms with Gasteiger partial charge in [0.1, 0.15) is 5.82 Å². The summed E-state index contributed by atoms with van der Waals surface area (Å²) in [5.41, 5.74) is 6.40. The van der Waals surface area contributed by atoms with Crippen LogP contribution < -0.4 is 15.5 Å². The molecular weight excluding hydrogens is 372 g/mol. The van der Waals surface area contributed by atoms with E-state index in [1.54, 1.807) is 0 Å². The third-order valence-corrected chi connectivity index (χ3v) is 5.46. The molecule has 0 unspecified atom stereocenters. The molecule has 1 aromatic heterocycles. The minimum absolute atomic E-state index is 0.283. The van der Waals surface area contributed by atoms with Crippen molar-refractivity contribution in [2.24, 2.45) is 12.8 Å². The molecule has 0 radical (unpaired) electrons. The molecule has 0 aliphatic carbocycles. The Labute approximate surface area is 162 Å². The summed E-state index contributed by atoms with van der Waals surface area (Å²) in [7, 11) is 1.88. The van der Waals surface area contributed by atoms with Gasteiger partial charge in [-0.2, -0.15) is 9.78 Å². The van der Waals surface area contributed by atoms with E-state index in [9.17, 15) is 4.79 Å². The molecule has 140 valence electrons. The van der Waals surface area contributed by atoms with Gasteiger partial charge in [-0.05, 0) is 30.4 Å². The highest BCUT2D eigenvalue weighted by Gasteiger charge is 2.22. The lowest BCUT2D eigenvalue weighted by Gasteiger charge is -2.33. The standard InChI is InChI=1S/C17H23ClN6OS/c1-21-16(6-5-15(19)25)20-24(17(21)26)12-22-7-9-23(10-8-22)14-4-2-3-13(18)11-14/h2-4,11H,5-10,12H2,1H3,(H2,19,25)/p+1. The summed E-state index contributed by atoms with van der Waals surface area (Å²) >= 11 is 11.6. The SMILES string of the molecule is Cn1c(CCC(N)=O)nn(C[NH+]2CCN(c3cccc(Cl)c3)CC2)c1=S. The number of nitrogens with one attached hydrogen (secondary N) is 1. The number of carbonyl (C=O) groups is 1. The minimum Gasteiger partial charge on any atom is -0.370 e. The predicted octanol–water partition coefficient (Wildman–Crippen LogP) is 0.385. The third kappa shape index (κ3) is 4.44. The molecule has 3 rings (SSSR count). The van der Waals surface area contributed by atoms with Gasteiger partial charge in [0.25, 0.3) is 0 Å². The van der Waals surface area contributed by atoms with Gasteiger partial charge in [-0.3, -0.25) is 4.79 Å². The zero-order chi connectivity index (χ0) is 18.7. The van der Waals surface area contributed by atoms with E-state index in [0.717, 1.165) is 43.7 Å². The van der Waals surface area contributed by atoms with Gasteiger partial charge in [0.2, 0.25) is 10.7 Å². The number of piperazine rings is 1. The lowest BCUT2D eigenvalue weighted by Crippen LogP contribution is -3.14. The maximum absolute atomic E-state index is 11.0. The second-order valence-corrected chi connectivity index (χ2v) is 7.40. The molecule has 2 aromatic rings.